The minimum atomic E-state index is -3.62. The first-order valence-electron chi connectivity index (χ1n) is 6.08. The number of sulfone groups is 1. The number of hydrogen-bond donors (Lipinski definition) is 0. The molecule has 0 N–H and O–H groups in total. The lowest BCUT2D eigenvalue weighted by atomic mass is 10.2. The van der Waals surface area contributed by atoms with Gasteiger partial charge >= 0.3 is 0 Å². The van der Waals surface area contributed by atoms with E-state index in [9.17, 15) is 18.5 Å². The first kappa shape index (κ1) is 15.1. The van der Waals surface area contributed by atoms with Crippen LogP contribution in [-0.2, 0) is 21.2 Å². The molecule has 0 amide bonds. The third-order valence-corrected chi connectivity index (χ3v) is 4.22. The minimum absolute atomic E-state index is 0.00108. The zero-order valence-corrected chi connectivity index (χ0v) is 11.8. The van der Waals surface area contributed by atoms with Gasteiger partial charge in [-0.1, -0.05) is 30.3 Å². The highest BCUT2D eigenvalue weighted by Gasteiger charge is 2.16. The summed E-state index contributed by atoms with van der Waals surface area (Å²) < 4.78 is 29.2. The maximum Gasteiger partial charge on any atom is 0.269 e. The van der Waals surface area contributed by atoms with Gasteiger partial charge in [0.25, 0.3) is 5.69 Å². The maximum absolute atomic E-state index is 12.0. The molecular weight excluding hydrogens is 294 g/mol. The van der Waals surface area contributed by atoms with Crippen LogP contribution in [0.25, 0.3) is 0 Å². The van der Waals surface area contributed by atoms with E-state index in [4.69, 9.17) is 4.74 Å². The molecule has 0 radical (unpaired) electrons. The Hall–Kier alpha value is -2.25. The van der Waals surface area contributed by atoms with Gasteiger partial charge in [-0.05, 0) is 17.7 Å². The summed E-state index contributed by atoms with van der Waals surface area (Å²) in [6.07, 6.45) is 0. The van der Waals surface area contributed by atoms with Gasteiger partial charge < -0.3 is 4.74 Å². The maximum atomic E-state index is 12.0. The molecule has 0 bridgehead atoms. The quantitative estimate of drug-likeness (QED) is 0.604. The first-order chi connectivity index (χ1) is 9.99. The van der Waals surface area contributed by atoms with Crippen LogP contribution in [0.3, 0.4) is 0 Å². The summed E-state index contributed by atoms with van der Waals surface area (Å²) >= 11 is 0. The molecule has 0 saturated heterocycles. The number of non-ortho nitro benzene ring substituents is 1. The van der Waals surface area contributed by atoms with Crippen LogP contribution in [0.5, 0.6) is 0 Å². The van der Waals surface area contributed by atoms with Crippen molar-refractivity contribution in [1.82, 2.24) is 0 Å². The Labute approximate surface area is 122 Å². The molecule has 0 aliphatic rings. The van der Waals surface area contributed by atoms with Crippen molar-refractivity contribution in [3.63, 3.8) is 0 Å². The lowest BCUT2D eigenvalue weighted by molar-refractivity contribution is -0.384. The van der Waals surface area contributed by atoms with Crippen LogP contribution in [0.15, 0.2) is 59.5 Å². The van der Waals surface area contributed by atoms with Crippen molar-refractivity contribution >= 4 is 15.5 Å². The molecule has 2 aromatic rings. The summed E-state index contributed by atoms with van der Waals surface area (Å²) in [7, 11) is -3.62. The number of hydrogen-bond acceptors (Lipinski definition) is 5. The highest BCUT2D eigenvalue weighted by molar-refractivity contribution is 7.91. The van der Waals surface area contributed by atoms with Crippen molar-refractivity contribution in [3.05, 3.63) is 70.3 Å². The van der Waals surface area contributed by atoms with Gasteiger partial charge in [0.1, 0.15) is 0 Å². The van der Waals surface area contributed by atoms with E-state index in [2.05, 4.69) is 0 Å². The zero-order chi connectivity index (χ0) is 15.3. The Morgan fingerprint density at radius 1 is 1.00 bits per heavy atom. The van der Waals surface area contributed by atoms with E-state index in [1.165, 1.54) is 12.1 Å². The van der Waals surface area contributed by atoms with Crippen LogP contribution < -0.4 is 0 Å². The molecule has 0 unspecified atom stereocenters. The van der Waals surface area contributed by atoms with Gasteiger partial charge in [0.05, 0.1) is 16.4 Å². The molecule has 6 nitrogen and oxygen atoms in total. The molecule has 0 spiro atoms. The molecule has 0 fully saturated rings. The summed E-state index contributed by atoms with van der Waals surface area (Å²) in [6.45, 7) is 0.188. The predicted octanol–water partition coefficient (Wildman–Crippen LogP) is 2.54. The summed E-state index contributed by atoms with van der Waals surface area (Å²) in [5, 5.41) is 10.5. The Kier molecular flexibility index (Phi) is 4.66. The number of nitro benzene ring substituents is 1. The summed E-state index contributed by atoms with van der Waals surface area (Å²) in [5.41, 5.74) is 0.718. The highest BCUT2D eigenvalue weighted by atomic mass is 32.2. The second-order valence-corrected chi connectivity index (χ2v) is 6.25. The van der Waals surface area contributed by atoms with Crippen LogP contribution in [0.1, 0.15) is 5.56 Å². The largest absolute Gasteiger partial charge is 0.360 e. The van der Waals surface area contributed by atoms with E-state index in [1.807, 2.05) is 30.3 Å². The van der Waals surface area contributed by atoms with Crippen molar-refractivity contribution in [3.8, 4) is 0 Å². The standard InChI is InChI=1S/C14H13NO5S/c16-15(17)13-6-8-14(9-7-13)21(18,19)11-20-10-12-4-2-1-3-5-12/h1-9H,10-11H2. The van der Waals surface area contributed by atoms with Crippen molar-refractivity contribution < 1.29 is 18.1 Å². The first-order valence-corrected chi connectivity index (χ1v) is 7.73. The predicted molar refractivity (Wildman–Crippen MR) is 76.4 cm³/mol. The summed E-state index contributed by atoms with van der Waals surface area (Å²) in [5.74, 6) is -0.473. The molecule has 0 atom stereocenters. The van der Waals surface area contributed by atoms with Crippen LogP contribution >= 0.6 is 0 Å². The monoisotopic (exact) mass is 307 g/mol. The molecule has 2 rings (SSSR count). The van der Waals surface area contributed by atoms with Gasteiger partial charge in [0, 0.05) is 12.1 Å². The lowest BCUT2D eigenvalue weighted by Crippen LogP contribution is -2.10. The van der Waals surface area contributed by atoms with Crippen molar-refractivity contribution in [2.24, 2.45) is 0 Å². The zero-order valence-electron chi connectivity index (χ0n) is 11.0. The lowest BCUT2D eigenvalue weighted by Gasteiger charge is -2.06. The molecule has 0 aliphatic carbocycles. The van der Waals surface area contributed by atoms with E-state index in [0.717, 1.165) is 17.7 Å². The van der Waals surface area contributed by atoms with Crippen LogP contribution in [0.2, 0.25) is 0 Å². The molecule has 7 heteroatoms. The van der Waals surface area contributed by atoms with E-state index in [1.54, 1.807) is 0 Å². The topological polar surface area (TPSA) is 86.5 Å². The highest BCUT2D eigenvalue weighted by Crippen LogP contribution is 2.17. The Bertz CT molecular complexity index is 711. The van der Waals surface area contributed by atoms with Gasteiger partial charge in [0.2, 0.25) is 9.84 Å². The molecule has 0 saturated carbocycles. The number of rotatable bonds is 6. The fourth-order valence-electron chi connectivity index (χ4n) is 1.69. The SMILES string of the molecule is O=[N+]([O-])c1ccc(S(=O)(=O)COCc2ccccc2)cc1. The normalized spacial score (nSPS) is 11.2. The molecular formula is C14H13NO5S. The summed E-state index contributed by atoms with van der Waals surface area (Å²) in [6, 6.07) is 13.9. The van der Waals surface area contributed by atoms with E-state index < -0.39 is 20.7 Å². The van der Waals surface area contributed by atoms with Gasteiger partial charge in [-0.2, -0.15) is 0 Å². The Morgan fingerprint density at radius 3 is 2.19 bits per heavy atom. The molecule has 110 valence electrons. The van der Waals surface area contributed by atoms with Gasteiger partial charge in [0.15, 0.2) is 5.94 Å². The number of nitrogens with zero attached hydrogens (tertiary/aromatic N) is 1. The average molecular weight is 307 g/mol. The molecule has 0 heterocycles. The van der Waals surface area contributed by atoms with Crippen molar-refractivity contribution in [1.29, 1.82) is 0 Å². The van der Waals surface area contributed by atoms with Crippen LogP contribution in [0, 0.1) is 10.1 Å². The fourth-order valence-corrected chi connectivity index (χ4v) is 2.68. The van der Waals surface area contributed by atoms with Gasteiger partial charge in [-0.25, -0.2) is 8.42 Å². The van der Waals surface area contributed by atoms with Crippen molar-refractivity contribution in [2.45, 2.75) is 11.5 Å². The van der Waals surface area contributed by atoms with Gasteiger partial charge in [-0.15, -0.1) is 0 Å². The summed E-state index contributed by atoms with van der Waals surface area (Å²) in [4.78, 5) is 9.94. The average Bonchev–Trinajstić information content (AvgIpc) is 2.48. The molecule has 2 aromatic carbocycles. The van der Waals surface area contributed by atoms with E-state index >= 15 is 0 Å². The van der Waals surface area contributed by atoms with Crippen molar-refractivity contribution in [2.75, 3.05) is 5.94 Å². The van der Waals surface area contributed by atoms with Gasteiger partial charge in [-0.3, -0.25) is 10.1 Å². The van der Waals surface area contributed by atoms with E-state index in [-0.39, 0.29) is 17.2 Å². The van der Waals surface area contributed by atoms with Crippen LogP contribution in [0.4, 0.5) is 5.69 Å². The smallest absolute Gasteiger partial charge is 0.269 e. The number of ether oxygens (including phenoxy) is 1. The molecule has 0 aliphatic heterocycles. The van der Waals surface area contributed by atoms with Crippen LogP contribution in [-0.4, -0.2) is 19.3 Å². The van der Waals surface area contributed by atoms with E-state index in [0.29, 0.717) is 0 Å². The number of benzene rings is 2. The molecule has 0 aromatic heterocycles. The third kappa shape index (κ3) is 4.11. The second kappa shape index (κ2) is 6.47. The number of nitro groups is 1. The molecule has 21 heavy (non-hydrogen) atoms. The Morgan fingerprint density at radius 2 is 1.62 bits per heavy atom. The third-order valence-electron chi connectivity index (χ3n) is 2.76. The Balaban J connectivity index is 2.00. The second-order valence-electron chi connectivity index (χ2n) is 4.32. The minimum Gasteiger partial charge on any atom is -0.360 e. The fraction of sp³-hybridized carbons (Fsp3) is 0.143.